The second kappa shape index (κ2) is 14.6. The van der Waals surface area contributed by atoms with Crippen molar-refractivity contribution < 1.29 is 13.3 Å². The fourth-order valence-corrected chi connectivity index (χ4v) is 14.8. The summed E-state index contributed by atoms with van der Waals surface area (Å²) in [5, 5.41) is 9.30. The highest BCUT2D eigenvalue weighted by Crippen LogP contribution is 2.64. The van der Waals surface area contributed by atoms with E-state index in [1.807, 2.05) is 12.1 Å². The highest BCUT2D eigenvalue weighted by molar-refractivity contribution is 6.22. The standard InChI is InChI=1S/C73H51NO3/c1-71(2)55-37-44(30-32-48(55)62-57(71)39-52(69-64(62)50-21-11-15-25-59(50)76-69)42-28-34-61-53(36-42)46-19-10-14-24-58(46)75-61)74(43-29-27-40-17-7-8-18-41(40)35-43)45-31-33-49-56(38-45)73(5,6)67-63(49)65-51-22-12-16-26-60(51)77-70(65)66-47-20-9-13-23-54(47)72(3,4)68(66)67/h7-39H,1-6H3. The lowest BCUT2D eigenvalue weighted by Crippen LogP contribution is -2.24. The van der Waals surface area contributed by atoms with Crippen molar-refractivity contribution >= 4 is 93.7 Å². The van der Waals surface area contributed by atoms with Crippen molar-refractivity contribution in [3.05, 3.63) is 234 Å². The maximum atomic E-state index is 7.02. The Morgan fingerprint density at radius 1 is 0.312 bits per heavy atom. The van der Waals surface area contributed by atoms with Crippen molar-refractivity contribution in [2.75, 3.05) is 4.90 Å². The highest BCUT2D eigenvalue weighted by Gasteiger charge is 2.49. The molecule has 0 aliphatic heterocycles. The molecule has 3 heterocycles. The number of hydrogen-bond acceptors (Lipinski definition) is 4. The maximum Gasteiger partial charge on any atom is 0.144 e. The minimum atomic E-state index is -0.367. The average Bonchev–Trinajstić information content (AvgIpc) is 4.28. The molecule has 0 saturated carbocycles. The van der Waals surface area contributed by atoms with E-state index in [0.717, 1.165) is 88.6 Å². The topological polar surface area (TPSA) is 42.7 Å². The van der Waals surface area contributed by atoms with E-state index in [1.165, 1.54) is 82.9 Å². The molecular formula is C73H51NO3. The molecule has 0 atom stereocenters. The number of hydrogen-bond donors (Lipinski definition) is 0. The number of para-hydroxylation sites is 3. The fraction of sp³-hybridized carbons (Fsp3) is 0.123. The minimum Gasteiger partial charge on any atom is -0.456 e. The lowest BCUT2D eigenvalue weighted by molar-refractivity contribution is 0.600. The van der Waals surface area contributed by atoms with Gasteiger partial charge in [0.25, 0.3) is 0 Å². The molecule has 0 radical (unpaired) electrons. The molecule has 0 saturated heterocycles. The molecule has 4 nitrogen and oxygen atoms in total. The van der Waals surface area contributed by atoms with Gasteiger partial charge in [-0.2, -0.15) is 0 Å². The molecule has 366 valence electrons. The van der Waals surface area contributed by atoms with Crippen molar-refractivity contribution in [1.29, 1.82) is 0 Å². The summed E-state index contributed by atoms with van der Waals surface area (Å²) in [5.41, 5.74) is 25.7. The zero-order valence-electron chi connectivity index (χ0n) is 43.7. The molecule has 3 aliphatic rings. The molecule has 0 unspecified atom stereocenters. The SMILES string of the molecule is CC1(C)c2cc(N(c3ccc4c(c3)C(C)(C)c3c5c(c6oc7ccccc7c6c3-4)-c3ccccc3C5(C)C)c3ccc4ccccc4c3)ccc2-c2c1cc(-c1ccc3oc4ccccc4c3c1)c1oc3ccccc3c21. The van der Waals surface area contributed by atoms with Crippen molar-refractivity contribution in [1.82, 2.24) is 0 Å². The molecule has 3 aliphatic carbocycles. The van der Waals surface area contributed by atoms with E-state index in [2.05, 4.69) is 234 Å². The van der Waals surface area contributed by atoms with E-state index in [1.54, 1.807) is 0 Å². The molecule has 0 N–H and O–H groups in total. The predicted octanol–water partition coefficient (Wildman–Crippen LogP) is 20.6. The van der Waals surface area contributed by atoms with Gasteiger partial charge in [0.15, 0.2) is 0 Å². The number of furan rings is 3. The zero-order valence-corrected chi connectivity index (χ0v) is 43.7. The van der Waals surface area contributed by atoms with Crippen molar-refractivity contribution in [2.24, 2.45) is 0 Å². The van der Waals surface area contributed by atoms with Gasteiger partial charge in [-0.15, -0.1) is 0 Å². The summed E-state index contributed by atoms with van der Waals surface area (Å²) < 4.78 is 20.3. The molecule has 17 rings (SSSR count). The highest BCUT2D eigenvalue weighted by atomic mass is 16.3. The number of rotatable bonds is 4. The Balaban J connectivity index is 0.879. The predicted molar refractivity (Wildman–Crippen MR) is 319 cm³/mol. The third kappa shape index (κ3) is 5.52. The first-order valence-electron chi connectivity index (χ1n) is 27.1. The van der Waals surface area contributed by atoms with Crippen molar-refractivity contribution in [2.45, 2.75) is 57.8 Å². The summed E-state index contributed by atoms with van der Waals surface area (Å²) >= 11 is 0. The van der Waals surface area contributed by atoms with Gasteiger partial charge in [-0.3, -0.25) is 0 Å². The molecule has 77 heavy (non-hydrogen) atoms. The van der Waals surface area contributed by atoms with E-state index in [9.17, 15) is 0 Å². The van der Waals surface area contributed by atoms with Crippen LogP contribution in [0.5, 0.6) is 0 Å². The van der Waals surface area contributed by atoms with Gasteiger partial charge in [0.1, 0.15) is 33.5 Å². The van der Waals surface area contributed by atoms with E-state index in [0.29, 0.717) is 0 Å². The number of anilines is 3. The number of benzene rings is 11. The lowest BCUT2D eigenvalue weighted by Gasteiger charge is -2.32. The Morgan fingerprint density at radius 2 is 0.831 bits per heavy atom. The molecule has 0 spiro atoms. The van der Waals surface area contributed by atoms with E-state index >= 15 is 0 Å². The summed E-state index contributed by atoms with van der Waals surface area (Å²) in [4.78, 5) is 2.50. The summed E-state index contributed by atoms with van der Waals surface area (Å²) in [6.07, 6.45) is 0. The molecule has 4 heteroatoms. The van der Waals surface area contributed by atoms with Crippen molar-refractivity contribution in [3.63, 3.8) is 0 Å². The van der Waals surface area contributed by atoms with Crippen molar-refractivity contribution in [3.8, 4) is 44.5 Å². The summed E-state index contributed by atoms with van der Waals surface area (Å²) in [6.45, 7) is 14.5. The first-order chi connectivity index (χ1) is 37.4. The third-order valence-electron chi connectivity index (χ3n) is 18.4. The molecule has 3 aromatic heterocycles. The monoisotopic (exact) mass is 989 g/mol. The molecule has 0 bridgehead atoms. The maximum absolute atomic E-state index is 7.02. The molecule has 11 aromatic carbocycles. The van der Waals surface area contributed by atoms with Crippen LogP contribution in [0.25, 0.3) is 121 Å². The van der Waals surface area contributed by atoms with Gasteiger partial charge in [0.2, 0.25) is 0 Å². The normalized spacial score (nSPS) is 15.2. The first kappa shape index (κ1) is 43.2. The van der Waals surface area contributed by atoms with Gasteiger partial charge in [-0.05, 0) is 150 Å². The van der Waals surface area contributed by atoms with Crippen LogP contribution in [0.3, 0.4) is 0 Å². The Labute approximate surface area is 445 Å². The van der Waals surface area contributed by atoms with Crippen LogP contribution in [0.15, 0.2) is 213 Å². The summed E-state index contributed by atoms with van der Waals surface area (Å²) in [6, 6.07) is 73.6. The quantitative estimate of drug-likeness (QED) is 0.176. The first-order valence-corrected chi connectivity index (χ1v) is 27.1. The molecular weight excluding hydrogens is 939 g/mol. The Kier molecular flexibility index (Phi) is 8.20. The van der Waals surface area contributed by atoms with Crippen LogP contribution >= 0.6 is 0 Å². The Bertz CT molecular complexity index is 4970. The summed E-state index contributed by atoms with van der Waals surface area (Å²) in [5.74, 6) is 0. The Hall–Kier alpha value is -9.12. The van der Waals surface area contributed by atoms with Gasteiger partial charge in [-0.25, -0.2) is 0 Å². The fourth-order valence-electron chi connectivity index (χ4n) is 14.8. The second-order valence-electron chi connectivity index (χ2n) is 23.5. The lowest BCUT2D eigenvalue weighted by atomic mass is 9.72. The van der Waals surface area contributed by atoms with Crippen LogP contribution < -0.4 is 4.90 Å². The molecule has 14 aromatic rings. The van der Waals surface area contributed by atoms with Crippen LogP contribution in [0.4, 0.5) is 17.1 Å². The number of nitrogens with zero attached hydrogens (tertiary/aromatic N) is 1. The zero-order chi connectivity index (χ0) is 51.4. The van der Waals surface area contributed by atoms with Gasteiger partial charge >= 0.3 is 0 Å². The van der Waals surface area contributed by atoms with Crippen LogP contribution in [0.1, 0.15) is 74.9 Å². The third-order valence-corrected chi connectivity index (χ3v) is 18.4. The van der Waals surface area contributed by atoms with E-state index in [-0.39, 0.29) is 16.2 Å². The van der Waals surface area contributed by atoms with E-state index < -0.39 is 0 Å². The molecule has 0 fully saturated rings. The van der Waals surface area contributed by atoms with Gasteiger partial charge in [0.05, 0.1) is 0 Å². The average molecular weight is 990 g/mol. The van der Waals surface area contributed by atoms with Crippen LogP contribution in [0.2, 0.25) is 0 Å². The smallest absolute Gasteiger partial charge is 0.144 e. The van der Waals surface area contributed by atoms with Gasteiger partial charge < -0.3 is 18.2 Å². The van der Waals surface area contributed by atoms with Gasteiger partial charge in [-0.1, -0.05) is 169 Å². The largest absolute Gasteiger partial charge is 0.456 e. The second-order valence-corrected chi connectivity index (χ2v) is 23.5. The van der Waals surface area contributed by atoms with E-state index in [4.69, 9.17) is 13.3 Å². The summed E-state index contributed by atoms with van der Waals surface area (Å²) in [7, 11) is 0. The Morgan fingerprint density at radius 3 is 1.57 bits per heavy atom. The van der Waals surface area contributed by atoms with Crippen LogP contribution in [-0.4, -0.2) is 0 Å². The molecule has 0 amide bonds. The van der Waals surface area contributed by atoms with Crippen LogP contribution in [0, 0.1) is 0 Å². The number of fused-ring (bicyclic) bond motifs is 23. The van der Waals surface area contributed by atoms with Crippen LogP contribution in [-0.2, 0) is 16.2 Å². The van der Waals surface area contributed by atoms with Gasteiger partial charge in [0, 0.05) is 76.8 Å². The minimum absolute atomic E-state index is 0.241.